The number of carbonyl (C=O) groups excluding carboxylic acids is 2. The standard InChI is InChI=1S/C66H117N2O7P/c1-7-10-13-16-19-22-25-28-30-32-33-34-35-37-39-41-44-47-50-53-56-59-66(70)75-64(57-54-51-48-45-42-27-24-21-18-15-12-9-3)63(62-74-76(71,72)73-61-60-68(4,5)6)67-65(69)58-55-52-49-46-43-40-38-36-31-29-26-23-20-17-14-11-8-2/h19-20,22-23,28-31,33-34,37-40,54,57,63-64H,7-18,21,24-27,32,35-36,41-53,55-56,58-62H2,1-6H3,(H-,67,69,71,72)/b22-19-,23-20-,30-28-,31-29-,34-33-,39-37-,40-38-,57-54+. The van der Waals surface area contributed by atoms with E-state index >= 15 is 0 Å². The van der Waals surface area contributed by atoms with Crippen molar-refractivity contribution >= 4 is 19.7 Å². The Morgan fingerprint density at radius 2 is 0.803 bits per heavy atom. The summed E-state index contributed by atoms with van der Waals surface area (Å²) in [6.45, 7) is 6.75. The molecule has 1 N–H and O–H groups in total. The zero-order chi connectivity index (χ0) is 55.7. The maximum absolute atomic E-state index is 13.5. The van der Waals surface area contributed by atoms with Gasteiger partial charge in [-0.3, -0.25) is 14.2 Å². The molecule has 0 aromatic heterocycles. The summed E-state index contributed by atoms with van der Waals surface area (Å²) in [5.41, 5.74) is 0. The molecular formula is C66H117N2O7P. The Labute approximate surface area is 468 Å². The van der Waals surface area contributed by atoms with Crippen LogP contribution in [-0.4, -0.2) is 69.4 Å². The van der Waals surface area contributed by atoms with Gasteiger partial charge in [0.05, 0.1) is 33.8 Å². The van der Waals surface area contributed by atoms with Crippen molar-refractivity contribution < 1.29 is 37.3 Å². The molecule has 438 valence electrons. The molecule has 3 unspecified atom stereocenters. The summed E-state index contributed by atoms with van der Waals surface area (Å²) in [6, 6.07) is -0.913. The topological polar surface area (TPSA) is 114 Å². The van der Waals surface area contributed by atoms with E-state index in [1.165, 1.54) is 103 Å². The molecule has 0 heterocycles. The van der Waals surface area contributed by atoms with Crippen molar-refractivity contribution in [3.05, 3.63) is 97.2 Å². The molecule has 0 spiro atoms. The lowest BCUT2D eigenvalue weighted by molar-refractivity contribution is -0.870. The third-order valence-electron chi connectivity index (χ3n) is 13.2. The molecule has 0 bridgehead atoms. The highest BCUT2D eigenvalue weighted by atomic mass is 31.2. The van der Waals surface area contributed by atoms with E-state index in [0.717, 1.165) is 109 Å². The predicted octanol–water partition coefficient (Wildman–Crippen LogP) is 18.5. The molecule has 0 aliphatic carbocycles. The first kappa shape index (κ1) is 72.9. The molecular weight excluding hydrogens is 964 g/mol. The first-order chi connectivity index (χ1) is 36.9. The number of esters is 1. The quantitative estimate of drug-likeness (QED) is 0.0212. The molecule has 76 heavy (non-hydrogen) atoms. The van der Waals surface area contributed by atoms with E-state index in [1.807, 2.05) is 33.3 Å². The number of quaternary nitrogens is 1. The lowest BCUT2D eigenvalue weighted by atomic mass is 10.0. The van der Waals surface area contributed by atoms with Crippen LogP contribution in [0, 0.1) is 0 Å². The molecule has 0 aromatic carbocycles. The minimum absolute atomic E-state index is 0.0347. The molecule has 0 saturated heterocycles. The lowest BCUT2D eigenvalue weighted by Gasteiger charge is -2.30. The van der Waals surface area contributed by atoms with Crippen LogP contribution < -0.4 is 10.2 Å². The fraction of sp³-hybridized carbons (Fsp3) is 0.727. The Morgan fingerprint density at radius 3 is 1.22 bits per heavy atom. The van der Waals surface area contributed by atoms with Crippen molar-refractivity contribution in [1.29, 1.82) is 0 Å². The van der Waals surface area contributed by atoms with Gasteiger partial charge in [0.1, 0.15) is 19.3 Å². The minimum atomic E-state index is -4.71. The number of hydrogen-bond donors (Lipinski definition) is 1. The van der Waals surface area contributed by atoms with Gasteiger partial charge in [-0.2, -0.15) is 0 Å². The number of amides is 1. The molecule has 0 aromatic rings. The van der Waals surface area contributed by atoms with Crippen molar-refractivity contribution in [3.63, 3.8) is 0 Å². The number of phosphoric acid groups is 1. The number of likely N-dealkylation sites (N-methyl/N-ethyl adjacent to an activating group) is 1. The second-order valence-corrected chi connectivity index (χ2v) is 23.3. The fourth-order valence-electron chi connectivity index (χ4n) is 8.39. The number of nitrogens with one attached hydrogen (secondary N) is 1. The maximum Gasteiger partial charge on any atom is 0.306 e. The van der Waals surface area contributed by atoms with Crippen LogP contribution in [0.2, 0.25) is 0 Å². The van der Waals surface area contributed by atoms with Crippen molar-refractivity contribution in [2.24, 2.45) is 0 Å². The largest absolute Gasteiger partial charge is 0.756 e. The molecule has 0 aliphatic rings. The van der Waals surface area contributed by atoms with Crippen LogP contribution in [0.15, 0.2) is 97.2 Å². The summed E-state index contributed by atoms with van der Waals surface area (Å²) in [5.74, 6) is -0.591. The van der Waals surface area contributed by atoms with E-state index < -0.39 is 26.6 Å². The van der Waals surface area contributed by atoms with Crippen LogP contribution in [0.5, 0.6) is 0 Å². The summed E-state index contributed by atoms with van der Waals surface area (Å²) >= 11 is 0. The molecule has 0 radical (unpaired) electrons. The lowest BCUT2D eigenvalue weighted by Crippen LogP contribution is -2.47. The molecule has 3 atom stereocenters. The Morgan fingerprint density at radius 1 is 0.461 bits per heavy atom. The van der Waals surface area contributed by atoms with Crippen molar-refractivity contribution in [2.45, 2.75) is 270 Å². The van der Waals surface area contributed by atoms with E-state index in [4.69, 9.17) is 13.8 Å². The first-order valence-electron chi connectivity index (χ1n) is 31.0. The van der Waals surface area contributed by atoms with E-state index in [2.05, 4.69) is 111 Å². The van der Waals surface area contributed by atoms with Crippen LogP contribution in [0.4, 0.5) is 0 Å². The summed E-state index contributed by atoms with van der Waals surface area (Å²) in [5, 5.41) is 3.01. The van der Waals surface area contributed by atoms with Crippen molar-refractivity contribution in [1.82, 2.24) is 5.32 Å². The average molecular weight is 1080 g/mol. The number of ether oxygens (including phenoxy) is 1. The average Bonchev–Trinajstić information content (AvgIpc) is 3.38. The van der Waals surface area contributed by atoms with Gasteiger partial charge in [0, 0.05) is 12.8 Å². The summed E-state index contributed by atoms with van der Waals surface area (Å²) in [4.78, 5) is 40.0. The Hall–Kier alpha value is -3.07. The SMILES string of the molecule is CCCCC/C=C\C/C=C\C/C=C\C/C=C\CCCCCCCC(=O)OC(/C=C/CCCCCCCCCCCC)C(COP(=O)([O-])OCC[N+](C)(C)C)NC(=O)CCCCCC/C=C\C/C=C\C/C=C\CCCCC. The van der Waals surface area contributed by atoms with Crippen molar-refractivity contribution in [2.75, 3.05) is 40.9 Å². The molecule has 9 nitrogen and oxygen atoms in total. The monoisotopic (exact) mass is 1080 g/mol. The van der Waals surface area contributed by atoms with Gasteiger partial charge in [0.2, 0.25) is 5.91 Å². The number of carbonyl (C=O) groups is 2. The van der Waals surface area contributed by atoms with Crippen molar-refractivity contribution in [3.8, 4) is 0 Å². The third kappa shape index (κ3) is 55.7. The third-order valence-corrected chi connectivity index (χ3v) is 14.2. The normalized spacial score (nSPS) is 14.4. The first-order valence-corrected chi connectivity index (χ1v) is 32.5. The highest BCUT2D eigenvalue weighted by molar-refractivity contribution is 7.45. The van der Waals surface area contributed by atoms with E-state index in [-0.39, 0.29) is 31.3 Å². The number of phosphoric ester groups is 1. The molecule has 0 aliphatic heterocycles. The molecule has 1 amide bonds. The second kappa shape index (κ2) is 55.3. The van der Waals surface area contributed by atoms with Gasteiger partial charge >= 0.3 is 5.97 Å². The van der Waals surface area contributed by atoms with Gasteiger partial charge in [0.25, 0.3) is 7.82 Å². The summed E-state index contributed by atoms with van der Waals surface area (Å²) in [6.07, 6.45) is 73.7. The number of unbranched alkanes of at least 4 members (excludes halogenated alkanes) is 25. The molecule has 0 rings (SSSR count). The number of hydrogen-bond acceptors (Lipinski definition) is 7. The molecule has 10 heteroatoms. The zero-order valence-electron chi connectivity index (χ0n) is 49.9. The summed E-state index contributed by atoms with van der Waals surface area (Å²) < 4.78 is 30.3. The predicted molar refractivity (Wildman–Crippen MR) is 325 cm³/mol. The smallest absolute Gasteiger partial charge is 0.306 e. The Kier molecular flexibility index (Phi) is 53.0. The van der Waals surface area contributed by atoms with Gasteiger partial charge in [0.15, 0.2) is 0 Å². The van der Waals surface area contributed by atoms with Crippen LogP contribution in [0.25, 0.3) is 0 Å². The van der Waals surface area contributed by atoms with Gasteiger partial charge < -0.3 is 28.5 Å². The molecule has 0 saturated carbocycles. The maximum atomic E-state index is 13.5. The number of nitrogens with zero attached hydrogens (tertiary/aromatic N) is 1. The van der Waals surface area contributed by atoms with Gasteiger partial charge in [-0.1, -0.05) is 227 Å². The van der Waals surface area contributed by atoms with Crippen LogP contribution in [-0.2, 0) is 27.9 Å². The molecule has 0 fully saturated rings. The minimum Gasteiger partial charge on any atom is -0.756 e. The Bertz CT molecular complexity index is 1620. The van der Waals surface area contributed by atoms with Gasteiger partial charge in [-0.25, -0.2) is 0 Å². The van der Waals surface area contributed by atoms with Crippen LogP contribution in [0.1, 0.15) is 258 Å². The van der Waals surface area contributed by atoms with Gasteiger partial charge in [-0.15, -0.1) is 0 Å². The second-order valence-electron chi connectivity index (χ2n) is 21.8. The van der Waals surface area contributed by atoms with E-state index in [1.54, 1.807) is 0 Å². The number of rotatable bonds is 55. The number of allylic oxidation sites excluding steroid dienone is 15. The zero-order valence-corrected chi connectivity index (χ0v) is 50.8. The summed E-state index contributed by atoms with van der Waals surface area (Å²) in [7, 11) is 1.15. The van der Waals surface area contributed by atoms with Crippen LogP contribution >= 0.6 is 7.82 Å². The fourth-order valence-corrected chi connectivity index (χ4v) is 9.12. The van der Waals surface area contributed by atoms with E-state index in [0.29, 0.717) is 23.9 Å². The van der Waals surface area contributed by atoms with Gasteiger partial charge in [-0.05, 0) is 115 Å². The highest BCUT2D eigenvalue weighted by Gasteiger charge is 2.27. The highest BCUT2D eigenvalue weighted by Crippen LogP contribution is 2.38. The van der Waals surface area contributed by atoms with Crippen LogP contribution in [0.3, 0.4) is 0 Å². The Balaban J connectivity index is 5.35. The van der Waals surface area contributed by atoms with E-state index in [9.17, 15) is 19.0 Å².